The second kappa shape index (κ2) is 5.24. The molecular formula is C10H12N8O2S. The molecule has 2 heterocycles. The molecule has 1 fully saturated rings. The number of hydrogen-bond donors (Lipinski definition) is 1. The lowest BCUT2D eigenvalue weighted by molar-refractivity contribution is -0.389. The van der Waals surface area contributed by atoms with E-state index in [0.717, 1.165) is 24.6 Å². The van der Waals surface area contributed by atoms with Gasteiger partial charge in [-0.2, -0.15) is 4.98 Å². The topological polar surface area (TPSA) is 125 Å². The minimum atomic E-state index is -0.484. The van der Waals surface area contributed by atoms with Gasteiger partial charge >= 0.3 is 5.69 Å². The van der Waals surface area contributed by atoms with Gasteiger partial charge in [0.05, 0.1) is 11.0 Å². The van der Waals surface area contributed by atoms with Gasteiger partial charge < -0.3 is 5.32 Å². The van der Waals surface area contributed by atoms with E-state index in [9.17, 15) is 10.1 Å². The molecule has 1 N–H and O–H groups in total. The van der Waals surface area contributed by atoms with Crippen molar-refractivity contribution in [2.24, 2.45) is 0 Å². The van der Waals surface area contributed by atoms with Gasteiger partial charge in [-0.3, -0.25) is 10.1 Å². The lowest BCUT2D eigenvalue weighted by Gasteiger charge is -2.06. The molecule has 2 aromatic heterocycles. The highest BCUT2D eigenvalue weighted by Gasteiger charge is 2.30. The zero-order valence-corrected chi connectivity index (χ0v) is 12.2. The van der Waals surface area contributed by atoms with Crippen LogP contribution in [0.25, 0.3) is 0 Å². The monoisotopic (exact) mass is 308 g/mol. The van der Waals surface area contributed by atoms with Gasteiger partial charge in [0.25, 0.3) is 0 Å². The Morgan fingerprint density at radius 3 is 2.81 bits per heavy atom. The molecule has 1 aliphatic rings. The molecule has 21 heavy (non-hydrogen) atoms. The maximum atomic E-state index is 11.2. The fraction of sp³-hybridized carbons (Fsp3) is 0.500. The molecule has 0 radical (unpaired) electrons. The first kappa shape index (κ1) is 13.7. The summed E-state index contributed by atoms with van der Waals surface area (Å²) in [5, 5.41) is 26.2. The highest BCUT2D eigenvalue weighted by molar-refractivity contribution is 7.99. The van der Waals surface area contributed by atoms with Crippen molar-refractivity contribution in [1.29, 1.82) is 0 Å². The summed E-state index contributed by atoms with van der Waals surface area (Å²) in [5.41, 5.74) is 0.177. The second-order valence-corrected chi connectivity index (χ2v) is 5.49. The molecule has 1 aliphatic carbocycles. The molecule has 10 nitrogen and oxygen atoms in total. The van der Waals surface area contributed by atoms with Gasteiger partial charge in [0.15, 0.2) is 5.03 Å². The van der Waals surface area contributed by atoms with Gasteiger partial charge in [-0.05, 0) is 42.0 Å². The van der Waals surface area contributed by atoms with Gasteiger partial charge in [0, 0.05) is 7.05 Å². The first-order valence-electron chi connectivity index (χ1n) is 6.26. The van der Waals surface area contributed by atoms with E-state index in [1.807, 2.05) is 0 Å². The summed E-state index contributed by atoms with van der Waals surface area (Å²) in [6.07, 6.45) is 2.04. The number of aromatic nitrogens is 6. The number of aryl methyl sites for hydroxylation is 1. The van der Waals surface area contributed by atoms with Crippen LogP contribution in [0.15, 0.2) is 10.2 Å². The first-order valence-corrected chi connectivity index (χ1v) is 7.08. The molecule has 0 amide bonds. The van der Waals surface area contributed by atoms with Crippen molar-refractivity contribution in [3.63, 3.8) is 0 Å². The van der Waals surface area contributed by atoms with Crippen LogP contribution in [0.4, 0.5) is 11.6 Å². The molecule has 0 aliphatic heterocycles. The summed E-state index contributed by atoms with van der Waals surface area (Å²) in [4.78, 5) is 18.9. The zero-order chi connectivity index (χ0) is 15.0. The Kier molecular flexibility index (Phi) is 3.41. The summed E-state index contributed by atoms with van der Waals surface area (Å²) >= 11 is 1.08. The van der Waals surface area contributed by atoms with Crippen molar-refractivity contribution in [2.75, 3.05) is 12.4 Å². The van der Waals surface area contributed by atoms with Crippen LogP contribution in [-0.4, -0.2) is 42.1 Å². The van der Waals surface area contributed by atoms with Crippen molar-refractivity contribution in [3.8, 4) is 0 Å². The van der Waals surface area contributed by atoms with Gasteiger partial charge in [-0.1, -0.05) is 0 Å². The minimum Gasteiger partial charge on any atom is -0.357 e. The predicted molar refractivity (Wildman–Crippen MR) is 73.2 cm³/mol. The SMILES string of the molecule is CNc1nc(C)c([N+](=O)[O-])c(Sc2nnnn2C2CC2)n1. The molecule has 0 spiro atoms. The molecule has 0 unspecified atom stereocenters. The lowest BCUT2D eigenvalue weighted by atomic mass is 10.4. The van der Waals surface area contributed by atoms with Crippen LogP contribution in [0.5, 0.6) is 0 Å². The van der Waals surface area contributed by atoms with E-state index in [0.29, 0.717) is 16.8 Å². The smallest absolute Gasteiger partial charge is 0.322 e. The van der Waals surface area contributed by atoms with Crippen LogP contribution in [0, 0.1) is 17.0 Å². The van der Waals surface area contributed by atoms with E-state index in [1.165, 1.54) is 0 Å². The summed E-state index contributed by atoms with van der Waals surface area (Å²) < 4.78 is 1.69. The van der Waals surface area contributed by atoms with Crippen LogP contribution in [-0.2, 0) is 0 Å². The fourth-order valence-electron chi connectivity index (χ4n) is 1.82. The van der Waals surface area contributed by atoms with E-state index in [2.05, 4.69) is 30.8 Å². The van der Waals surface area contributed by atoms with E-state index >= 15 is 0 Å². The van der Waals surface area contributed by atoms with Gasteiger partial charge in [-0.25, -0.2) is 9.67 Å². The minimum absolute atomic E-state index is 0.121. The average Bonchev–Trinajstić information content (AvgIpc) is 3.18. The summed E-state index contributed by atoms with van der Waals surface area (Å²) in [7, 11) is 1.66. The van der Waals surface area contributed by atoms with E-state index in [4.69, 9.17) is 0 Å². The average molecular weight is 308 g/mol. The van der Waals surface area contributed by atoms with E-state index < -0.39 is 4.92 Å². The van der Waals surface area contributed by atoms with Crippen LogP contribution in [0.3, 0.4) is 0 Å². The number of hydrogen-bond acceptors (Lipinski definition) is 9. The molecule has 110 valence electrons. The van der Waals surface area contributed by atoms with Gasteiger partial charge in [0.1, 0.15) is 5.69 Å². The number of tetrazole rings is 1. The maximum absolute atomic E-state index is 11.2. The third-order valence-electron chi connectivity index (χ3n) is 2.98. The van der Waals surface area contributed by atoms with Crippen LogP contribution < -0.4 is 5.32 Å². The van der Waals surface area contributed by atoms with Crippen molar-refractivity contribution in [1.82, 2.24) is 30.2 Å². The Morgan fingerprint density at radius 2 is 2.19 bits per heavy atom. The molecule has 11 heteroatoms. The maximum Gasteiger partial charge on any atom is 0.322 e. The fourth-order valence-corrected chi connectivity index (χ4v) is 2.80. The summed E-state index contributed by atoms with van der Waals surface area (Å²) in [6, 6.07) is 0.285. The number of anilines is 1. The zero-order valence-electron chi connectivity index (χ0n) is 11.3. The number of nitro groups is 1. The standard InChI is InChI=1S/C10H12N8O2S/c1-5-7(18(19)20)8(13-9(11-2)12-5)21-10-14-15-16-17(10)6-3-4-6/h6H,3-4H2,1-2H3,(H,11,12,13). The van der Waals surface area contributed by atoms with Crippen LogP contribution >= 0.6 is 11.8 Å². The Labute approximate surface area is 123 Å². The highest BCUT2D eigenvalue weighted by Crippen LogP contribution is 2.40. The number of nitrogens with zero attached hydrogens (tertiary/aromatic N) is 7. The van der Waals surface area contributed by atoms with Gasteiger partial charge in [0.2, 0.25) is 11.1 Å². The Hall–Kier alpha value is -2.30. The first-order chi connectivity index (χ1) is 10.1. The van der Waals surface area contributed by atoms with Crippen molar-refractivity contribution in [3.05, 3.63) is 15.8 Å². The molecule has 0 saturated heterocycles. The molecule has 0 atom stereocenters. The normalized spacial score (nSPS) is 14.2. The third-order valence-corrected chi connectivity index (χ3v) is 3.91. The van der Waals surface area contributed by atoms with E-state index in [-0.39, 0.29) is 16.8 Å². The summed E-state index contributed by atoms with van der Waals surface area (Å²) in [5.74, 6) is 0.325. The van der Waals surface area contributed by atoms with Gasteiger partial charge in [-0.15, -0.1) is 5.10 Å². The third kappa shape index (κ3) is 2.63. The molecule has 0 aromatic carbocycles. The van der Waals surface area contributed by atoms with Crippen molar-refractivity contribution < 1.29 is 4.92 Å². The van der Waals surface area contributed by atoms with Crippen LogP contribution in [0.1, 0.15) is 24.6 Å². The van der Waals surface area contributed by atoms with Crippen LogP contribution in [0.2, 0.25) is 0 Å². The number of rotatable bonds is 5. The quantitative estimate of drug-likeness (QED) is 0.492. The molecule has 1 saturated carbocycles. The van der Waals surface area contributed by atoms with E-state index in [1.54, 1.807) is 18.7 Å². The molecular weight excluding hydrogens is 296 g/mol. The van der Waals surface area contributed by atoms with Crippen molar-refractivity contribution >= 4 is 23.4 Å². The number of nitrogens with one attached hydrogen (secondary N) is 1. The lowest BCUT2D eigenvalue weighted by Crippen LogP contribution is -2.05. The summed E-state index contributed by atoms with van der Waals surface area (Å²) in [6.45, 7) is 1.58. The predicted octanol–water partition coefficient (Wildman–Crippen LogP) is 1.21. The Balaban J connectivity index is 2.01. The highest BCUT2D eigenvalue weighted by atomic mass is 32.2. The second-order valence-electron chi connectivity index (χ2n) is 4.53. The Morgan fingerprint density at radius 1 is 1.43 bits per heavy atom. The molecule has 3 rings (SSSR count). The molecule has 2 aromatic rings. The van der Waals surface area contributed by atoms with Crippen molar-refractivity contribution in [2.45, 2.75) is 36.0 Å². The molecule has 0 bridgehead atoms. The Bertz CT molecular complexity index is 698. The largest absolute Gasteiger partial charge is 0.357 e.